The van der Waals surface area contributed by atoms with Gasteiger partial charge >= 0.3 is 0 Å². The lowest BCUT2D eigenvalue weighted by Gasteiger charge is -2.03. The van der Waals surface area contributed by atoms with Crippen LogP contribution < -0.4 is 0 Å². The number of hydrogen-bond acceptors (Lipinski definition) is 3. The zero-order valence-electron chi connectivity index (χ0n) is 8.31. The van der Waals surface area contributed by atoms with E-state index in [9.17, 15) is 4.39 Å². The van der Waals surface area contributed by atoms with Crippen LogP contribution >= 0.6 is 0 Å². The molecule has 0 saturated heterocycles. The second kappa shape index (κ2) is 4.13. The molecule has 0 aliphatic heterocycles. The maximum atomic E-state index is 12.7. The third-order valence-corrected chi connectivity index (χ3v) is 2.08. The van der Waals surface area contributed by atoms with Crippen LogP contribution in [0.1, 0.15) is 12.6 Å². The molecule has 2 aromatic rings. The van der Waals surface area contributed by atoms with Crippen molar-refractivity contribution in [2.24, 2.45) is 0 Å². The highest BCUT2D eigenvalue weighted by Gasteiger charge is 2.06. The molecule has 0 amide bonds. The summed E-state index contributed by atoms with van der Waals surface area (Å²) in [6, 6.07) is 2.98. The van der Waals surface area contributed by atoms with E-state index in [1.807, 2.05) is 6.92 Å². The third-order valence-electron chi connectivity index (χ3n) is 2.08. The second-order valence-electron chi connectivity index (χ2n) is 3.07. The van der Waals surface area contributed by atoms with Gasteiger partial charge in [-0.2, -0.15) is 0 Å². The molecule has 0 spiro atoms. The van der Waals surface area contributed by atoms with Crippen molar-refractivity contribution in [1.82, 2.24) is 15.0 Å². The van der Waals surface area contributed by atoms with Crippen LogP contribution in [0.2, 0.25) is 0 Å². The highest BCUT2D eigenvalue weighted by Crippen LogP contribution is 2.17. The van der Waals surface area contributed by atoms with Gasteiger partial charge in [0.15, 0.2) is 0 Å². The molecule has 0 radical (unpaired) electrons. The fraction of sp³-hybridized carbons (Fsp3) is 0.182. The van der Waals surface area contributed by atoms with E-state index in [-0.39, 0.29) is 5.82 Å². The van der Waals surface area contributed by atoms with Crippen LogP contribution in [0.5, 0.6) is 0 Å². The van der Waals surface area contributed by atoms with Crippen molar-refractivity contribution >= 4 is 0 Å². The molecule has 3 nitrogen and oxygen atoms in total. The number of halogens is 1. The normalized spacial score (nSPS) is 10.3. The molecular formula is C11H10FN3. The third kappa shape index (κ3) is 1.98. The van der Waals surface area contributed by atoms with Crippen molar-refractivity contribution in [2.45, 2.75) is 13.3 Å². The number of nitrogens with zero attached hydrogens (tertiary/aromatic N) is 3. The minimum absolute atomic E-state index is 0.347. The summed E-state index contributed by atoms with van der Waals surface area (Å²) in [5, 5.41) is 0. The van der Waals surface area contributed by atoms with Crippen LogP contribution in [0.25, 0.3) is 11.4 Å². The van der Waals surface area contributed by atoms with Crippen molar-refractivity contribution in [3.8, 4) is 11.4 Å². The van der Waals surface area contributed by atoms with Gasteiger partial charge in [-0.3, -0.25) is 15.0 Å². The molecule has 2 heterocycles. The summed E-state index contributed by atoms with van der Waals surface area (Å²) >= 11 is 0. The van der Waals surface area contributed by atoms with Crippen LogP contribution in [0.4, 0.5) is 4.39 Å². The molecule has 0 aliphatic carbocycles. The van der Waals surface area contributed by atoms with Crippen LogP contribution in [-0.2, 0) is 6.42 Å². The van der Waals surface area contributed by atoms with Gasteiger partial charge in [0.25, 0.3) is 0 Å². The summed E-state index contributed by atoms with van der Waals surface area (Å²) < 4.78 is 12.7. The summed E-state index contributed by atoms with van der Waals surface area (Å²) in [5.41, 5.74) is 2.25. The van der Waals surface area contributed by atoms with E-state index in [0.29, 0.717) is 5.69 Å². The van der Waals surface area contributed by atoms with E-state index in [2.05, 4.69) is 15.0 Å². The number of pyridine rings is 1. The van der Waals surface area contributed by atoms with Gasteiger partial charge in [-0.1, -0.05) is 6.92 Å². The maximum Gasteiger partial charge on any atom is 0.141 e. The minimum atomic E-state index is -0.347. The van der Waals surface area contributed by atoms with Gasteiger partial charge in [-0.15, -0.1) is 0 Å². The topological polar surface area (TPSA) is 38.7 Å². The van der Waals surface area contributed by atoms with Crippen LogP contribution in [-0.4, -0.2) is 15.0 Å². The highest BCUT2D eigenvalue weighted by molar-refractivity contribution is 5.56. The van der Waals surface area contributed by atoms with E-state index in [1.165, 1.54) is 12.3 Å². The Balaban J connectivity index is 2.49. The molecule has 0 atom stereocenters. The lowest BCUT2D eigenvalue weighted by Crippen LogP contribution is -1.96. The molecule has 0 aliphatic rings. The fourth-order valence-corrected chi connectivity index (χ4v) is 1.36. The minimum Gasteiger partial charge on any atom is -0.257 e. The van der Waals surface area contributed by atoms with Crippen molar-refractivity contribution < 1.29 is 4.39 Å². The predicted molar refractivity (Wildman–Crippen MR) is 54.6 cm³/mol. The Kier molecular flexibility index (Phi) is 2.67. The monoisotopic (exact) mass is 203 g/mol. The zero-order chi connectivity index (χ0) is 10.7. The summed E-state index contributed by atoms with van der Waals surface area (Å²) in [5.74, 6) is -0.347. The Labute approximate surface area is 87.0 Å². The number of aromatic nitrogens is 3. The molecule has 0 N–H and O–H groups in total. The molecule has 0 unspecified atom stereocenters. The van der Waals surface area contributed by atoms with Gasteiger partial charge in [0.1, 0.15) is 11.5 Å². The number of hydrogen-bond donors (Lipinski definition) is 0. The Bertz CT molecular complexity index is 454. The lowest BCUT2D eigenvalue weighted by atomic mass is 10.2. The van der Waals surface area contributed by atoms with Gasteiger partial charge in [-0.25, -0.2) is 4.39 Å². The fourth-order valence-electron chi connectivity index (χ4n) is 1.36. The van der Waals surface area contributed by atoms with Crippen LogP contribution in [0, 0.1) is 5.82 Å². The number of aryl methyl sites for hydroxylation is 1. The Morgan fingerprint density at radius 3 is 2.60 bits per heavy atom. The highest BCUT2D eigenvalue weighted by atomic mass is 19.1. The first kappa shape index (κ1) is 9.71. The van der Waals surface area contributed by atoms with Crippen molar-refractivity contribution in [2.75, 3.05) is 0 Å². The first-order chi connectivity index (χ1) is 7.31. The lowest BCUT2D eigenvalue weighted by molar-refractivity contribution is 0.621. The van der Waals surface area contributed by atoms with Crippen molar-refractivity contribution in [3.63, 3.8) is 0 Å². The molecule has 4 heteroatoms. The van der Waals surface area contributed by atoms with Gasteiger partial charge in [0, 0.05) is 12.4 Å². The smallest absolute Gasteiger partial charge is 0.141 e. The summed E-state index contributed by atoms with van der Waals surface area (Å²) in [6.45, 7) is 2.00. The predicted octanol–water partition coefficient (Wildman–Crippen LogP) is 2.24. The summed E-state index contributed by atoms with van der Waals surface area (Å²) in [7, 11) is 0. The maximum absolute atomic E-state index is 12.7. The first-order valence-corrected chi connectivity index (χ1v) is 4.73. The van der Waals surface area contributed by atoms with E-state index in [1.54, 1.807) is 18.5 Å². The molecule has 2 rings (SSSR count). The number of rotatable bonds is 2. The molecule has 2 aromatic heterocycles. The largest absolute Gasteiger partial charge is 0.257 e. The van der Waals surface area contributed by atoms with Crippen molar-refractivity contribution in [3.05, 3.63) is 42.2 Å². The van der Waals surface area contributed by atoms with Crippen LogP contribution in [0.15, 0.2) is 30.7 Å². The van der Waals surface area contributed by atoms with E-state index in [4.69, 9.17) is 0 Å². The average Bonchev–Trinajstić information content (AvgIpc) is 2.30. The average molecular weight is 203 g/mol. The van der Waals surface area contributed by atoms with Gasteiger partial charge in [0.2, 0.25) is 0 Å². The molecular weight excluding hydrogens is 193 g/mol. The SMILES string of the molecule is CCc1nccnc1-c1ccc(F)cn1. The molecule has 0 fully saturated rings. The van der Waals surface area contributed by atoms with E-state index < -0.39 is 0 Å². The second-order valence-corrected chi connectivity index (χ2v) is 3.07. The quantitative estimate of drug-likeness (QED) is 0.751. The zero-order valence-corrected chi connectivity index (χ0v) is 8.31. The first-order valence-electron chi connectivity index (χ1n) is 4.73. The van der Waals surface area contributed by atoms with Gasteiger partial charge in [-0.05, 0) is 18.6 Å². The Morgan fingerprint density at radius 1 is 1.13 bits per heavy atom. The van der Waals surface area contributed by atoms with E-state index >= 15 is 0 Å². The molecule has 0 bridgehead atoms. The van der Waals surface area contributed by atoms with E-state index in [0.717, 1.165) is 17.8 Å². The summed E-state index contributed by atoms with van der Waals surface area (Å²) in [4.78, 5) is 12.4. The molecule has 0 aromatic carbocycles. The van der Waals surface area contributed by atoms with Crippen LogP contribution in [0.3, 0.4) is 0 Å². The summed E-state index contributed by atoms with van der Waals surface area (Å²) in [6.07, 6.45) is 5.22. The van der Waals surface area contributed by atoms with Gasteiger partial charge in [0.05, 0.1) is 17.6 Å². The Hall–Kier alpha value is -1.84. The molecule has 0 saturated carbocycles. The van der Waals surface area contributed by atoms with Gasteiger partial charge < -0.3 is 0 Å². The molecule has 15 heavy (non-hydrogen) atoms. The molecule has 76 valence electrons. The Morgan fingerprint density at radius 2 is 1.93 bits per heavy atom. The standard InChI is InChI=1S/C11H10FN3/c1-2-9-11(14-6-5-13-9)10-4-3-8(12)7-15-10/h3-7H,2H2,1H3. The van der Waals surface area contributed by atoms with Crippen molar-refractivity contribution in [1.29, 1.82) is 0 Å².